The Balaban J connectivity index is 3.05. The van der Waals surface area contributed by atoms with Gasteiger partial charge in [0.2, 0.25) is 0 Å². The number of aliphatic carboxylic acids is 1. The Kier molecular flexibility index (Phi) is 3.03. The van der Waals surface area contributed by atoms with Crippen molar-refractivity contribution in [2.24, 2.45) is 0 Å². The fourth-order valence-corrected chi connectivity index (χ4v) is 1.82. The van der Waals surface area contributed by atoms with Gasteiger partial charge in [-0.2, -0.15) is 0 Å². The molecule has 4 nitrogen and oxygen atoms in total. The monoisotopic (exact) mass is 211 g/mol. The highest BCUT2D eigenvalue weighted by Crippen LogP contribution is 2.10. The molecule has 0 radical (unpaired) electrons. The normalized spacial score (nSPS) is 11.7. The van der Waals surface area contributed by atoms with E-state index in [0.717, 1.165) is 0 Å². The van der Waals surface area contributed by atoms with E-state index < -0.39 is 15.8 Å². The summed E-state index contributed by atoms with van der Waals surface area (Å²) in [5, 5.41) is 10.6. The van der Waals surface area contributed by atoms with E-state index in [2.05, 4.69) is 0 Å². The summed E-state index contributed by atoms with van der Waals surface area (Å²) in [7, 11) is -3.66. The lowest BCUT2D eigenvalue weighted by Crippen LogP contribution is -2.19. The zero-order valence-corrected chi connectivity index (χ0v) is 7.90. The Morgan fingerprint density at radius 3 is 2.29 bits per heavy atom. The summed E-state index contributed by atoms with van der Waals surface area (Å²) >= 11 is 0. The van der Waals surface area contributed by atoms with Crippen molar-refractivity contribution in [3.63, 3.8) is 0 Å². The van der Waals surface area contributed by atoms with Crippen LogP contribution in [0, 0.1) is 0 Å². The van der Waals surface area contributed by atoms with E-state index in [1.54, 1.807) is 18.2 Å². The van der Waals surface area contributed by atoms with Crippen LogP contribution in [0.3, 0.4) is 0 Å². The third-order valence-corrected chi connectivity index (χ3v) is 2.88. The average Bonchev–Trinajstić information content (AvgIpc) is 2.16. The van der Waals surface area contributed by atoms with Crippen molar-refractivity contribution in [2.45, 2.75) is 4.90 Å². The van der Waals surface area contributed by atoms with Crippen molar-refractivity contribution in [3.8, 4) is 0 Å². The number of carbonyl (C=O) groups is 1. The molecule has 0 saturated heterocycles. The van der Waals surface area contributed by atoms with Gasteiger partial charge >= 0.3 is 0 Å². The maximum Gasteiger partial charge on any atom is 0.199 e. The van der Waals surface area contributed by atoms with Gasteiger partial charge in [-0.3, -0.25) is 0 Å². The molecule has 0 aliphatic carbocycles. The third-order valence-electron chi connectivity index (χ3n) is 1.46. The second-order valence-electron chi connectivity index (χ2n) is 2.48. The average molecular weight is 211 g/mol. The molecule has 14 heavy (non-hydrogen) atoms. The van der Waals surface area contributed by atoms with Crippen molar-refractivity contribution in [2.75, 3.05) is 0 Å². The van der Waals surface area contributed by atoms with E-state index in [0.29, 0.717) is 11.5 Å². The van der Waals surface area contributed by atoms with Gasteiger partial charge in [0.25, 0.3) is 0 Å². The summed E-state index contributed by atoms with van der Waals surface area (Å²) in [5.41, 5.74) is 0. The lowest BCUT2D eigenvalue weighted by atomic mass is 10.4. The van der Waals surface area contributed by atoms with E-state index in [4.69, 9.17) is 0 Å². The molecule has 0 N–H and O–H groups in total. The van der Waals surface area contributed by atoms with Crippen molar-refractivity contribution < 1.29 is 18.3 Å². The third kappa shape index (κ3) is 2.70. The van der Waals surface area contributed by atoms with Crippen LogP contribution in [-0.2, 0) is 14.6 Å². The lowest BCUT2D eigenvalue weighted by Gasteiger charge is -1.97. The number of hydrogen-bond acceptors (Lipinski definition) is 4. The standard InChI is InChI=1S/C9H8O4S/c10-9(11)6-7-14(12,13)8-4-2-1-3-5-8/h1-7H,(H,10,11)/p-1/b7-6+. The molecule has 0 aliphatic rings. The number of carboxylic acids is 1. The highest BCUT2D eigenvalue weighted by molar-refractivity contribution is 7.94. The van der Waals surface area contributed by atoms with Crippen molar-refractivity contribution in [1.29, 1.82) is 0 Å². The minimum atomic E-state index is -3.66. The molecule has 0 fully saturated rings. The second kappa shape index (κ2) is 4.06. The zero-order chi connectivity index (χ0) is 10.6. The fraction of sp³-hybridized carbons (Fsp3) is 0. The first-order valence-electron chi connectivity index (χ1n) is 3.71. The van der Waals surface area contributed by atoms with Crippen LogP contribution in [0.2, 0.25) is 0 Å². The van der Waals surface area contributed by atoms with Crippen LogP contribution in [0.5, 0.6) is 0 Å². The summed E-state index contributed by atoms with van der Waals surface area (Å²) in [6, 6.07) is 7.55. The van der Waals surface area contributed by atoms with E-state index in [-0.39, 0.29) is 4.90 Å². The molecule has 0 saturated carbocycles. The Bertz CT molecular complexity index is 445. The molecular formula is C9H7O4S-. The quantitative estimate of drug-likeness (QED) is 0.645. The molecule has 74 valence electrons. The minimum Gasteiger partial charge on any atom is -0.545 e. The topological polar surface area (TPSA) is 74.3 Å². The number of sulfone groups is 1. The van der Waals surface area contributed by atoms with Crippen LogP contribution >= 0.6 is 0 Å². The molecular weight excluding hydrogens is 204 g/mol. The largest absolute Gasteiger partial charge is 0.545 e. The molecule has 0 bridgehead atoms. The molecule has 0 spiro atoms. The summed E-state index contributed by atoms with van der Waals surface area (Å²) in [6.07, 6.45) is 0.488. The first kappa shape index (κ1) is 10.5. The molecule has 5 heteroatoms. The highest BCUT2D eigenvalue weighted by Gasteiger charge is 2.07. The Morgan fingerprint density at radius 1 is 1.21 bits per heavy atom. The molecule has 0 heterocycles. The highest BCUT2D eigenvalue weighted by atomic mass is 32.2. The summed E-state index contributed by atoms with van der Waals surface area (Å²) in [4.78, 5) is 10.1. The minimum absolute atomic E-state index is 0.0532. The number of rotatable bonds is 3. The van der Waals surface area contributed by atoms with E-state index in [1.807, 2.05) is 0 Å². The van der Waals surface area contributed by atoms with Gasteiger partial charge < -0.3 is 9.90 Å². The van der Waals surface area contributed by atoms with Gasteiger partial charge in [-0.15, -0.1) is 0 Å². The SMILES string of the molecule is O=C([O-])/C=C/S(=O)(=O)c1ccccc1. The predicted molar refractivity (Wildman–Crippen MR) is 47.8 cm³/mol. The van der Waals surface area contributed by atoms with Crippen LogP contribution in [0.25, 0.3) is 0 Å². The molecule has 0 atom stereocenters. The van der Waals surface area contributed by atoms with Crippen LogP contribution < -0.4 is 5.11 Å². The Labute approximate surface area is 81.4 Å². The predicted octanol–water partition coefficient (Wildman–Crippen LogP) is -0.276. The van der Waals surface area contributed by atoms with Crippen molar-refractivity contribution >= 4 is 15.8 Å². The number of benzene rings is 1. The van der Waals surface area contributed by atoms with Crippen LogP contribution in [0.4, 0.5) is 0 Å². The van der Waals surface area contributed by atoms with Gasteiger partial charge in [-0.1, -0.05) is 18.2 Å². The van der Waals surface area contributed by atoms with E-state index >= 15 is 0 Å². The van der Waals surface area contributed by atoms with Gasteiger partial charge in [0.05, 0.1) is 10.9 Å². The van der Waals surface area contributed by atoms with E-state index in [9.17, 15) is 18.3 Å². The lowest BCUT2D eigenvalue weighted by molar-refractivity contribution is -0.297. The van der Waals surface area contributed by atoms with Gasteiger partial charge in [0.15, 0.2) is 9.84 Å². The zero-order valence-electron chi connectivity index (χ0n) is 7.08. The Morgan fingerprint density at radius 2 is 1.79 bits per heavy atom. The van der Waals surface area contributed by atoms with Gasteiger partial charge in [-0.25, -0.2) is 8.42 Å². The van der Waals surface area contributed by atoms with Gasteiger partial charge in [0, 0.05) is 5.41 Å². The van der Waals surface area contributed by atoms with Crippen molar-refractivity contribution in [1.82, 2.24) is 0 Å². The van der Waals surface area contributed by atoms with Crippen LogP contribution in [0.1, 0.15) is 0 Å². The molecule has 0 aliphatic heterocycles. The molecule has 1 aromatic carbocycles. The molecule has 0 unspecified atom stereocenters. The molecule has 1 aromatic rings. The van der Waals surface area contributed by atoms with Crippen LogP contribution in [0.15, 0.2) is 46.7 Å². The fourth-order valence-electron chi connectivity index (χ4n) is 0.834. The van der Waals surface area contributed by atoms with Gasteiger partial charge in [-0.05, 0) is 18.2 Å². The first-order chi connectivity index (χ1) is 6.52. The molecule has 1 rings (SSSR count). The Hall–Kier alpha value is -1.62. The van der Waals surface area contributed by atoms with E-state index in [1.165, 1.54) is 12.1 Å². The van der Waals surface area contributed by atoms with Crippen molar-refractivity contribution in [3.05, 3.63) is 41.8 Å². The maximum absolute atomic E-state index is 11.4. The first-order valence-corrected chi connectivity index (χ1v) is 5.26. The second-order valence-corrected chi connectivity index (χ2v) is 4.31. The summed E-state index contributed by atoms with van der Waals surface area (Å²) in [5.74, 6) is -1.54. The van der Waals surface area contributed by atoms with Gasteiger partial charge in [0.1, 0.15) is 0 Å². The maximum atomic E-state index is 11.4. The van der Waals surface area contributed by atoms with Crippen LogP contribution in [-0.4, -0.2) is 14.4 Å². The summed E-state index contributed by atoms with van der Waals surface area (Å²) in [6.45, 7) is 0. The number of hydrogen-bond donors (Lipinski definition) is 0. The molecule has 0 amide bonds. The smallest absolute Gasteiger partial charge is 0.199 e. The molecule has 0 aromatic heterocycles. The summed E-state index contributed by atoms with van der Waals surface area (Å²) < 4.78 is 22.7. The number of carboxylic acid groups (broad SMARTS) is 1. The number of carbonyl (C=O) groups excluding carboxylic acids is 1.